The van der Waals surface area contributed by atoms with E-state index in [1.165, 1.54) is 11.1 Å². The highest BCUT2D eigenvalue weighted by atomic mass is 16.5. The number of Topliss-reactive ketones (excluding diaryl/α,β-unsaturated/α-hetero) is 1. The summed E-state index contributed by atoms with van der Waals surface area (Å²) >= 11 is 0. The van der Waals surface area contributed by atoms with E-state index >= 15 is 0 Å². The van der Waals surface area contributed by atoms with Gasteiger partial charge in [0.05, 0.1) is 14.2 Å². The van der Waals surface area contributed by atoms with Crippen LogP contribution in [0.2, 0.25) is 0 Å². The van der Waals surface area contributed by atoms with Crippen LogP contribution in [0.1, 0.15) is 28.4 Å². The average molecular weight is 311 g/mol. The standard InChI is InChI=1S/C19H21NO3/c1-13(21)16-6-4-5-7-17(16)20-9-8-14-10-18(22-2)19(23-3)11-15(14)12-20/h4-7,10-11H,8-9,12H2,1-3H3. The lowest BCUT2D eigenvalue weighted by Crippen LogP contribution is -2.31. The zero-order valence-corrected chi connectivity index (χ0v) is 13.8. The first-order valence-corrected chi connectivity index (χ1v) is 7.72. The maximum Gasteiger partial charge on any atom is 0.161 e. The summed E-state index contributed by atoms with van der Waals surface area (Å²) in [6, 6.07) is 11.9. The molecule has 2 aromatic carbocycles. The van der Waals surface area contributed by atoms with Crippen molar-refractivity contribution in [3.63, 3.8) is 0 Å². The van der Waals surface area contributed by atoms with Crippen molar-refractivity contribution in [2.75, 3.05) is 25.7 Å². The van der Waals surface area contributed by atoms with Gasteiger partial charge in [0.15, 0.2) is 17.3 Å². The van der Waals surface area contributed by atoms with Crippen molar-refractivity contribution in [3.8, 4) is 11.5 Å². The normalized spacial score (nSPS) is 13.4. The summed E-state index contributed by atoms with van der Waals surface area (Å²) in [5.74, 6) is 1.61. The second kappa shape index (κ2) is 6.32. The SMILES string of the molecule is COc1cc2c(cc1OC)CN(c1ccccc1C(C)=O)CC2. The lowest BCUT2D eigenvalue weighted by atomic mass is 9.97. The van der Waals surface area contributed by atoms with Crippen LogP contribution in [-0.4, -0.2) is 26.5 Å². The highest BCUT2D eigenvalue weighted by Crippen LogP contribution is 2.35. The molecule has 0 bridgehead atoms. The summed E-state index contributed by atoms with van der Waals surface area (Å²) in [6.45, 7) is 3.26. The number of ether oxygens (including phenoxy) is 2. The molecule has 0 aliphatic carbocycles. The maximum atomic E-state index is 11.9. The Hall–Kier alpha value is -2.49. The minimum atomic E-state index is 0.0960. The van der Waals surface area contributed by atoms with Gasteiger partial charge in [-0.15, -0.1) is 0 Å². The molecule has 120 valence electrons. The number of para-hydroxylation sites is 1. The summed E-state index contributed by atoms with van der Waals surface area (Å²) in [5.41, 5.74) is 4.27. The van der Waals surface area contributed by atoms with Crippen LogP contribution in [0.4, 0.5) is 5.69 Å². The summed E-state index contributed by atoms with van der Waals surface area (Å²) < 4.78 is 10.8. The molecule has 3 rings (SSSR count). The fourth-order valence-electron chi connectivity index (χ4n) is 3.14. The van der Waals surface area contributed by atoms with Gasteiger partial charge in [-0.2, -0.15) is 0 Å². The van der Waals surface area contributed by atoms with Crippen molar-refractivity contribution in [2.24, 2.45) is 0 Å². The number of methoxy groups -OCH3 is 2. The van der Waals surface area contributed by atoms with Crippen LogP contribution in [0.25, 0.3) is 0 Å². The Morgan fingerprint density at radius 2 is 1.70 bits per heavy atom. The van der Waals surface area contributed by atoms with Gasteiger partial charge in [-0.1, -0.05) is 12.1 Å². The molecule has 2 aromatic rings. The molecule has 1 aliphatic heterocycles. The number of hydrogen-bond donors (Lipinski definition) is 0. The first kappa shape index (κ1) is 15.4. The van der Waals surface area contributed by atoms with Crippen LogP contribution in [0.3, 0.4) is 0 Å². The zero-order chi connectivity index (χ0) is 16.4. The molecule has 0 amide bonds. The smallest absolute Gasteiger partial charge is 0.161 e. The molecule has 1 aliphatic rings. The van der Waals surface area contributed by atoms with Crippen LogP contribution in [-0.2, 0) is 13.0 Å². The predicted octanol–water partition coefficient (Wildman–Crippen LogP) is 3.47. The van der Waals surface area contributed by atoms with Gasteiger partial charge in [0.2, 0.25) is 0 Å². The maximum absolute atomic E-state index is 11.9. The first-order chi connectivity index (χ1) is 11.1. The number of fused-ring (bicyclic) bond motifs is 1. The Balaban J connectivity index is 1.96. The predicted molar refractivity (Wildman–Crippen MR) is 90.7 cm³/mol. The quantitative estimate of drug-likeness (QED) is 0.811. The Morgan fingerprint density at radius 1 is 1.04 bits per heavy atom. The molecule has 0 unspecified atom stereocenters. The van der Waals surface area contributed by atoms with Gasteiger partial charge < -0.3 is 14.4 Å². The molecule has 0 saturated carbocycles. The second-order valence-electron chi connectivity index (χ2n) is 5.72. The van der Waals surface area contributed by atoms with Crippen molar-refractivity contribution in [1.82, 2.24) is 0 Å². The van der Waals surface area contributed by atoms with Crippen LogP contribution >= 0.6 is 0 Å². The van der Waals surface area contributed by atoms with Crippen LogP contribution in [0.15, 0.2) is 36.4 Å². The zero-order valence-electron chi connectivity index (χ0n) is 13.8. The highest BCUT2D eigenvalue weighted by Gasteiger charge is 2.21. The number of benzene rings is 2. The molecular weight excluding hydrogens is 290 g/mol. The lowest BCUT2D eigenvalue weighted by Gasteiger charge is -2.32. The van der Waals surface area contributed by atoms with E-state index in [1.807, 2.05) is 30.3 Å². The average Bonchev–Trinajstić information content (AvgIpc) is 2.59. The van der Waals surface area contributed by atoms with Gasteiger partial charge >= 0.3 is 0 Å². The number of carbonyl (C=O) groups excluding carboxylic acids is 1. The first-order valence-electron chi connectivity index (χ1n) is 7.72. The molecule has 0 spiro atoms. The molecule has 0 N–H and O–H groups in total. The van der Waals surface area contributed by atoms with Crippen LogP contribution in [0, 0.1) is 0 Å². The van der Waals surface area contributed by atoms with Crippen molar-refractivity contribution in [3.05, 3.63) is 53.1 Å². The number of carbonyl (C=O) groups is 1. The highest BCUT2D eigenvalue weighted by molar-refractivity contribution is 5.99. The fraction of sp³-hybridized carbons (Fsp3) is 0.316. The fourth-order valence-corrected chi connectivity index (χ4v) is 3.14. The second-order valence-corrected chi connectivity index (χ2v) is 5.72. The van der Waals surface area contributed by atoms with Gasteiger partial charge in [0.25, 0.3) is 0 Å². The Labute approximate surface area is 136 Å². The topological polar surface area (TPSA) is 38.8 Å². The van der Waals surface area contributed by atoms with Gasteiger partial charge in [-0.3, -0.25) is 4.79 Å². The molecule has 23 heavy (non-hydrogen) atoms. The molecule has 0 aromatic heterocycles. The largest absolute Gasteiger partial charge is 0.493 e. The van der Waals surface area contributed by atoms with E-state index in [-0.39, 0.29) is 5.78 Å². The van der Waals surface area contributed by atoms with E-state index in [0.29, 0.717) is 0 Å². The molecule has 0 fully saturated rings. The molecule has 4 heteroatoms. The summed E-state index contributed by atoms with van der Waals surface area (Å²) in [7, 11) is 3.30. The minimum absolute atomic E-state index is 0.0960. The molecule has 1 heterocycles. The van der Waals surface area contributed by atoms with Crippen molar-refractivity contribution >= 4 is 11.5 Å². The Morgan fingerprint density at radius 3 is 2.35 bits per heavy atom. The molecular formula is C19H21NO3. The van der Waals surface area contributed by atoms with Crippen molar-refractivity contribution < 1.29 is 14.3 Å². The van der Waals surface area contributed by atoms with E-state index < -0.39 is 0 Å². The van der Waals surface area contributed by atoms with E-state index in [9.17, 15) is 4.79 Å². The molecule has 0 atom stereocenters. The van der Waals surface area contributed by atoms with E-state index in [0.717, 1.165) is 42.3 Å². The number of hydrogen-bond acceptors (Lipinski definition) is 4. The van der Waals surface area contributed by atoms with Gasteiger partial charge in [-0.05, 0) is 48.7 Å². The molecule has 0 radical (unpaired) electrons. The molecule has 4 nitrogen and oxygen atoms in total. The van der Waals surface area contributed by atoms with E-state index in [1.54, 1.807) is 21.1 Å². The Kier molecular flexibility index (Phi) is 4.24. The summed E-state index contributed by atoms with van der Waals surface area (Å²) in [6.07, 6.45) is 0.919. The number of rotatable bonds is 4. The summed E-state index contributed by atoms with van der Waals surface area (Å²) in [5, 5.41) is 0. The van der Waals surface area contributed by atoms with Crippen molar-refractivity contribution in [2.45, 2.75) is 19.9 Å². The van der Waals surface area contributed by atoms with E-state index in [4.69, 9.17) is 9.47 Å². The monoisotopic (exact) mass is 311 g/mol. The Bertz CT molecular complexity index is 739. The lowest BCUT2D eigenvalue weighted by molar-refractivity contribution is 0.101. The summed E-state index contributed by atoms with van der Waals surface area (Å²) in [4.78, 5) is 14.1. The van der Waals surface area contributed by atoms with Gasteiger partial charge in [-0.25, -0.2) is 0 Å². The number of nitrogens with zero attached hydrogens (tertiary/aromatic N) is 1. The van der Waals surface area contributed by atoms with Gasteiger partial charge in [0.1, 0.15) is 0 Å². The van der Waals surface area contributed by atoms with Crippen molar-refractivity contribution in [1.29, 1.82) is 0 Å². The van der Waals surface area contributed by atoms with E-state index in [2.05, 4.69) is 11.0 Å². The van der Waals surface area contributed by atoms with Crippen LogP contribution in [0.5, 0.6) is 11.5 Å². The third-order valence-corrected chi connectivity index (χ3v) is 4.34. The van der Waals surface area contributed by atoms with Crippen LogP contribution < -0.4 is 14.4 Å². The number of anilines is 1. The third-order valence-electron chi connectivity index (χ3n) is 4.34. The third kappa shape index (κ3) is 2.89. The number of ketones is 1. The van der Waals surface area contributed by atoms with Gasteiger partial charge in [0, 0.05) is 24.3 Å². The minimum Gasteiger partial charge on any atom is -0.493 e. The molecule has 0 saturated heterocycles.